The molecule has 3 N–H and O–H groups in total. The molecule has 1 aromatic rings. The van der Waals surface area contributed by atoms with Gasteiger partial charge in [0.05, 0.1) is 6.04 Å². The molecule has 1 aromatic carbocycles. The second-order valence-corrected chi connectivity index (χ2v) is 5.67. The van der Waals surface area contributed by atoms with Crippen LogP contribution in [0.1, 0.15) is 24.2 Å². The molecule has 7 nitrogen and oxygen atoms in total. The molecule has 7 heteroatoms. The molecule has 2 rings (SSSR count). The SMILES string of the molecule is CC(=O)Nc1ccc(C(=O)N2CCN(C(C)C(N)=O)CC2)cc1. The van der Waals surface area contributed by atoms with Crippen molar-refractivity contribution in [1.82, 2.24) is 9.80 Å². The summed E-state index contributed by atoms with van der Waals surface area (Å²) >= 11 is 0. The Balaban J connectivity index is 1.94. The molecule has 0 aromatic heterocycles. The zero-order valence-electron chi connectivity index (χ0n) is 13.4. The average molecular weight is 318 g/mol. The highest BCUT2D eigenvalue weighted by atomic mass is 16.2. The van der Waals surface area contributed by atoms with Gasteiger partial charge in [-0.2, -0.15) is 0 Å². The summed E-state index contributed by atoms with van der Waals surface area (Å²) in [6.07, 6.45) is 0. The number of rotatable bonds is 4. The van der Waals surface area contributed by atoms with Gasteiger partial charge in [0, 0.05) is 44.4 Å². The van der Waals surface area contributed by atoms with Gasteiger partial charge in [-0.1, -0.05) is 0 Å². The van der Waals surface area contributed by atoms with Crippen molar-refractivity contribution in [3.8, 4) is 0 Å². The Morgan fingerprint density at radius 3 is 2.13 bits per heavy atom. The van der Waals surface area contributed by atoms with Gasteiger partial charge < -0.3 is 16.0 Å². The van der Waals surface area contributed by atoms with Crippen molar-refractivity contribution in [2.24, 2.45) is 5.73 Å². The van der Waals surface area contributed by atoms with E-state index in [-0.39, 0.29) is 23.8 Å². The number of benzene rings is 1. The van der Waals surface area contributed by atoms with Crippen LogP contribution in [0.3, 0.4) is 0 Å². The molecule has 1 aliphatic heterocycles. The van der Waals surface area contributed by atoms with Gasteiger partial charge in [0.2, 0.25) is 11.8 Å². The van der Waals surface area contributed by atoms with Crippen LogP contribution in [0.5, 0.6) is 0 Å². The van der Waals surface area contributed by atoms with E-state index in [9.17, 15) is 14.4 Å². The average Bonchev–Trinajstić information content (AvgIpc) is 2.53. The zero-order valence-corrected chi connectivity index (χ0v) is 13.4. The molecule has 1 aliphatic rings. The van der Waals surface area contributed by atoms with Crippen molar-refractivity contribution in [1.29, 1.82) is 0 Å². The molecule has 1 saturated heterocycles. The third-order valence-corrected chi connectivity index (χ3v) is 4.01. The number of piperazine rings is 1. The first-order chi connectivity index (χ1) is 10.9. The number of carbonyl (C=O) groups excluding carboxylic acids is 3. The molecule has 3 amide bonds. The molecule has 0 aliphatic carbocycles. The van der Waals surface area contributed by atoms with Crippen molar-refractivity contribution in [3.05, 3.63) is 29.8 Å². The number of carbonyl (C=O) groups is 3. The van der Waals surface area contributed by atoms with Crippen LogP contribution in [0.2, 0.25) is 0 Å². The fourth-order valence-electron chi connectivity index (χ4n) is 2.57. The molecule has 124 valence electrons. The Labute approximate surface area is 135 Å². The van der Waals surface area contributed by atoms with E-state index in [1.54, 1.807) is 36.1 Å². The first-order valence-electron chi connectivity index (χ1n) is 7.59. The standard InChI is InChI=1S/C16H22N4O3/c1-11(15(17)22)19-7-9-20(10-8-19)16(23)13-3-5-14(6-4-13)18-12(2)21/h3-6,11H,7-10H2,1-2H3,(H2,17,22)(H,18,21). The van der Waals surface area contributed by atoms with E-state index in [0.717, 1.165) is 0 Å². The zero-order chi connectivity index (χ0) is 17.0. The summed E-state index contributed by atoms with van der Waals surface area (Å²) in [5, 5.41) is 2.67. The lowest BCUT2D eigenvalue weighted by molar-refractivity contribution is -0.123. The molecular weight excluding hydrogens is 296 g/mol. The molecule has 1 unspecified atom stereocenters. The lowest BCUT2D eigenvalue weighted by atomic mass is 10.1. The van der Waals surface area contributed by atoms with Crippen LogP contribution < -0.4 is 11.1 Å². The Kier molecular flexibility index (Phi) is 5.33. The number of nitrogens with zero attached hydrogens (tertiary/aromatic N) is 2. The number of nitrogens with two attached hydrogens (primary N) is 1. The molecule has 0 radical (unpaired) electrons. The number of amides is 3. The van der Waals surface area contributed by atoms with Crippen molar-refractivity contribution >= 4 is 23.4 Å². The number of hydrogen-bond donors (Lipinski definition) is 2. The smallest absolute Gasteiger partial charge is 0.253 e. The van der Waals surface area contributed by atoms with Gasteiger partial charge in [-0.15, -0.1) is 0 Å². The summed E-state index contributed by atoms with van der Waals surface area (Å²) in [4.78, 5) is 38.4. The predicted octanol–water partition coefficient (Wildman–Crippen LogP) is 0.277. The maximum Gasteiger partial charge on any atom is 0.253 e. The lowest BCUT2D eigenvalue weighted by Gasteiger charge is -2.37. The molecule has 1 atom stereocenters. The monoisotopic (exact) mass is 318 g/mol. The third kappa shape index (κ3) is 4.29. The lowest BCUT2D eigenvalue weighted by Crippen LogP contribution is -2.54. The van der Waals surface area contributed by atoms with Crippen molar-refractivity contribution in [2.45, 2.75) is 19.9 Å². The van der Waals surface area contributed by atoms with Crippen molar-refractivity contribution < 1.29 is 14.4 Å². The summed E-state index contributed by atoms with van der Waals surface area (Å²) in [6, 6.07) is 6.50. The fourth-order valence-corrected chi connectivity index (χ4v) is 2.57. The number of nitrogens with one attached hydrogen (secondary N) is 1. The van der Waals surface area contributed by atoms with E-state index < -0.39 is 0 Å². The molecule has 23 heavy (non-hydrogen) atoms. The van der Waals surface area contributed by atoms with Gasteiger partial charge in [0.15, 0.2) is 0 Å². The molecule has 0 bridgehead atoms. The highest BCUT2D eigenvalue weighted by molar-refractivity contribution is 5.95. The minimum Gasteiger partial charge on any atom is -0.368 e. The van der Waals surface area contributed by atoms with Crippen LogP contribution in [0.4, 0.5) is 5.69 Å². The van der Waals surface area contributed by atoms with Gasteiger partial charge in [0.1, 0.15) is 0 Å². The summed E-state index contributed by atoms with van der Waals surface area (Å²) in [5.74, 6) is -0.548. The number of primary amides is 1. The maximum atomic E-state index is 12.5. The van der Waals surface area contributed by atoms with Crippen LogP contribution in [-0.2, 0) is 9.59 Å². The largest absolute Gasteiger partial charge is 0.368 e. The van der Waals surface area contributed by atoms with Crippen LogP contribution in [0, 0.1) is 0 Å². The highest BCUT2D eigenvalue weighted by Gasteiger charge is 2.26. The normalized spacial score (nSPS) is 16.7. The van der Waals surface area contributed by atoms with E-state index in [4.69, 9.17) is 5.73 Å². The predicted molar refractivity (Wildman–Crippen MR) is 86.9 cm³/mol. The number of hydrogen-bond acceptors (Lipinski definition) is 4. The Hall–Kier alpha value is -2.41. The minimum atomic E-state index is -0.349. The van der Waals surface area contributed by atoms with Gasteiger partial charge in [-0.25, -0.2) is 0 Å². The topological polar surface area (TPSA) is 95.7 Å². The number of anilines is 1. The van der Waals surface area contributed by atoms with Crippen molar-refractivity contribution in [2.75, 3.05) is 31.5 Å². The van der Waals surface area contributed by atoms with Crippen LogP contribution in [0.15, 0.2) is 24.3 Å². The van der Waals surface area contributed by atoms with Gasteiger partial charge in [0.25, 0.3) is 5.91 Å². The highest BCUT2D eigenvalue weighted by Crippen LogP contribution is 2.14. The summed E-state index contributed by atoms with van der Waals surface area (Å²) in [5.41, 5.74) is 6.55. The van der Waals surface area contributed by atoms with Crippen LogP contribution in [-0.4, -0.2) is 59.7 Å². The molecule has 1 heterocycles. The first kappa shape index (κ1) is 17.0. The Bertz CT molecular complexity index is 592. The second kappa shape index (κ2) is 7.23. The third-order valence-electron chi connectivity index (χ3n) is 4.01. The van der Waals surface area contributed by atoms with Gasteiger partial charge in [-0.05, 0) is 31.2 Å². The van der Waals surface area contributed by atoms with E-state index in [2.05, 4.69) is 5.32 Å². The first-order valence-corrected chi connectivity index (χ1v) is 7.59. The summed E-state index contributed by atoms with van der Waals surface area (Å²) in [7, 11) is 0. The van der Waals surface area contributed by atoms with E-state index in [0.29, 0.717) is 37.4 Å². The molecular formula is C16H22N4O3. The van der Waals surface area contributed by atoms with Gasteiger partial charge in [-0.3, -0.25) is 19.3 Å². The van der Waals surface area contributed by atoms with E-state index in [1.807, 2.05) is 4.90 Å². The maximum absolute atomic E-state index is 12.5. The summed E-state index contributed by atoms with van der Waals surface area (Å²) in [6.45, 7) is 5.58. The second-order valence-electron chi connectivity index (χ2n) is 5.67. The van der Waals surface area contributed by atoms with Crippen LogP contribution >= 0.6 is 0 Å². The Morgan fingerprint density at radius 2 is 1.65 bits per heavy atom. The molecule has 0 spiro atoms. The molecule has 1 fully saturated rings. The fraction of sp³-hybridized carbons (Fsp3) is 0.438. The van der Waals surface area contributed by atoms with Crippen LogP contribution in [0.25, 0.3) is 0 Å². The quantitative estimate of drug-likeness (QED) is 0.833. The Morgan fingerprint density at radius 1 is 1.09 bits per heavy atom. The van der Waals surface area contributed by atoms with Gasteiger partial charge >= 0.3 is 0 Å². The molecule has 0 saturated carbocycles. The van der Waals surface area contributed by atoms with E-state index >= 15 is 0 Å². The minimum absolute atomic E-state index is 0.0502. The van der Waals surface area contributed by atoms with Crippen molar-refractivity contribution in [3.63, 3.8) is 0 Å². The summed E-state index contributed by atoms with van der Waals surface area (Å²) < 4.78 is 0. The van der Waals surface area contributed by atoms with E-state index in [1.165, 1.54) is 6.92 Å².